The van der Waals surface area contributed by atoms with Gasteiger partial charge in [0.05, 0.1) is 6.26 Å². The van der Waals surface area contributed by atoms with Gasteiger partial charge in [-0.3, -0.25) is 0 Å². The second kappa shape index (κ2) is 5.21. The van der Waals surface area contributed by atoms with Crippen LogP contribution in [0.4, 0.5) is 5.82 Å². The molecule has 96 valence electrons. The lowest BCUT2D eigenvalue weighted by atomic mass is 10.1. The van der Waals surface area contributed by atoms with Gasteiger partial charge < -0.3 is 9.73 Å². The van der Waals surface area contributed by atoms with Crippen LogP contribution in [-0.4, -0.2) is 16.5 Å². The molecule has 4 heteroatoms. The molecule has 0 saturated carbocycles. The second-order valence-corrected chi connectivity index (χ2v) is 4.62. The number of hydrogen-bond acceptors (Lipinski definition) is 4. The van der Waals surface area contributed by atoms with Gasteiger partial charge in [-0.1, -0.05) is 13.8 Å². The van der Waals surface area contributed by atoms with E-state index in [0.29, 0.717) is 11.7 Å². The molecule has 0 spiro atoms. The topological polar surface area (TPSA) is 51.0 Å². The Kier molecular flexibility index (Phi) is 3.65. The van der Waals surface area contributed by atoms with Crippen molar-refractivity contribution < 1.29 is 4.42 Å². The molecule has 0 fully saturated rings. The fourth-order valence-corrected chi connectivity index (χ4v) is 1.74. The second-order valence-electron chi connectivity index (χ2n) is 4.62. The summed E-state index contributed by atoms with van der Waals surface area (Å²) in [5.41, 5.74) is 2.07. The van der Waals surface area contributed by atoms with Crippen LogP contribution in [0, 0.1) is 6.92 Å². The molecule has 0 saturated heterocycles. The normalized spacial score (nSPS) is 10.9. The van der Waals surface area contributed by atoms with Crippen LogP contribution in [0.5, 0.6) is 0 Å². The smallest absolute Gasteiger partial charge is 0.198 e. The molecule has 2 aromatic heterocycles. The largest absolute Gasteiger partial charge is 0.461 e. The molecule has 0 atom stereocenters. The summed E-state index contributed by atoms with van der Waals surface area (Å²) in [6.07, 6.45) is 1.67. The van der Waals surface area contributed by atoms with Gasteiger partial charge >= 0.3 is 0 Å². The first-order valence-electron chi connectivity index (χ1n) is 6.29. The number of nitrogens with one attached hydrogen (secondary N) is 1. The average Bonchev–Trinajstić information content (AvgIpc) is 2.75. The third-order valence-electron chi connectivity index (χ3n) is 2.76. The number of furan rings is 1. The summed E-state index contributed by atoms with van der Waals surface area (Å²) < 4.78 is 5.47. The lowest BCUT2D eigenvalue weighted by molar-refractivity contribution is 0.574. The van der Waals surface area contributed by atoms with Crippen molar-refractivity contribution in [3.8, 4) is 11.6 Å². The van der Waals surface area contributed by atoms with E-state index in [-0.39, 0.29) is 0 Å². The Morgan fingerprint density at radius 2 is 2.11 bits per heavy atom. The quantitative estimate of drug-likeness (QED) is 0.894. The Labute approximate surface area is 107 Å². The lowest BCUT2D eigenvalue weighted by Gasteiger charge is -2.10. The molecule has 2 rings (SSSR count). The van der Waals surface area contributed by atoms with Crippen LogP contribution in [0.1, 0.15) is 37.9 Å². The molecule has 2 heterocycles. The van der Waals surface area contributed by atoms with Gasteiger partial charge in [-0.15, -0.1) is 0 Å². The van der Waals surface area contributed by atoms with Gasteiger partial charge in [0, 0.05) is 18.3 Å². The highest BCUT2D eigenvalue weighted by atomic mass is 16.3. The monoisotopic (exact) mass is 245 g/mol. The van der Waals surface area contributed by atoms with E-state index in [4.69, 9.17) is 4.42 Å². The summed E-state index contributed by atoms with van der Waals surface area (Å²) in [6, 6.07) is 3.92. The molecule has 1 N–H and O–H groups in total. The lowest BCUT2D eigenvalue weighted by Crippen LogP contribution is -2.05. The van der Waals surface area contributed by atoms with Gasteiger partial charge in [0.15, 0.2) is 11.6 Å². The van der Waals surface area contributed by atoms with E-state index >= 15 is 0 Å². The maximum Gasteiger partial charge on any atom is 0.198 e. The number of aryl methyl sites for hydroxylation is 1. The first-order chi connectivity index (χ1) is 8.61. The van der Waals surface area contributed by atoms with Gasteiger partial charge in [-0.2, -0.15) is 0 Å². The molecular weight excluding hydrogens is 226 g/mol. The highest BCUT2D eigenvalue weighted by Crippen LogP contribution is 2.24. The van der Waals surface area contributed by atoms with E-state index in [1.54, 1.807) is 6.26 Å². The van der Waals surface area contributed by atoms with Crippen LogP contribution in [-0.2, 0) is 0 Å². The van der Waals surface area contributed by atoms with Gasteiger partial charge in [0.1, 0.15) is 5.82 Å². The maximum absolute atomic E-state index is 5.47. The Morgan fingerprint density at radius 1 is 1.33 bits per heavy atom. The minimum atomic E-state index is 0.361. The minimum Gasteiger partial charge on any atom is -0.461 e. The van der Waals surface area contributed by atoms with Crippen molar-refractivity contribution in [2.45, 2.75) is 33.6 Å². The summed E-state index contributed by atoms with van der Waals surface area (Å²) in [5.74, 6) is 2.61. The van der Waals surface area contributed by atoms with Crippen LogP contribution in [0.25, 0.3) is 11.6 Å². The van der Waals surface area contributed by atoms with Crippen LogP contribution in [0.3, 0.4) is 0 Å². The molecule has 0 unspecified atom stereocenters. The van der Waals surface area contributed by atoms with E-state index in [9.17, 15) is 0 Å². The van der Waals surface area contributed by atoms with Crippen LogP contribution >= 0.6 is 0 Å². The summed E-state index contributed by atoms with van der Waals surface area (Å²) in [5, 5.41) is 3.23. The van der Waals surface area contributed by atoms with Crippen LogP contribution in [0.2, 0.25) is 0 Å². The Morgan fingerprint density at radius 3 is 2.67 bits per heavy atom. The van der Waals surface area contributed by atoms with E-state index in [1.165, 1.54) is 0 Å². The Balaban J connectivity index is 2.50. The molecular formula is C14H19N3O. The minimum absolute atomic E-state index is 0.361. The number of aromatic nitrogens is 2. The maximum atomic E-state index is 5.47. The number of nitrogens with zero attached hydrogens (tertiary/aromatic N) is 2. The fourth-order valence-electron chi connectivity index (χ4n) is 1.74. The molecule has 2 aromatic rings. The molecule has 0 amide bonds. The van der Waals surface area contributed by atoms with Crippen molar-refractivity contribution in [1.29, 1.82) is 0 Å². The van der Waals surface area contributed by atoms with Gasteiger partial charge in [0.25, 0.3) is 0 Å². The fraction of sp³-hybridized carbons (Fsp3) is 0.429. The molecule has 4 nitrogen and oxygen atoms in total. The third-order valence-corrected chi connectivity index (χ3v) is 2.76. The molecule has 0 bridgehead atoms. The molecule has 0 aromatic carbocycles. The molecule has 0 aliphatic heterocycles. The zero-order chi connectivity index (χ0) is 13.1. The Hall–Kier alpha value is -1.84. The van der Waals surface area contributed by atoms with E-state index in [2.05, 4.69) is 36.1 Å². The summed E-state index contributed by atoms with van der Waals surface area (Å²) in [7, 11) is 0. The number of rotatable bonds is 4. The third kappa shape index (κ3) is 2.53. The zero-order valence-electron chi connectivity index (χ0n) is 11.3. The standard InChI is InChI=1S/C14H19N3O/c1-5-15-12-8-11(9(2)3)16-14(17-12)13-10(4)6-7-18-13/h6-9H,5H2,1-4H3,(H,15,16,17). The summed E-state index contributed by atoms with van der Waals surface area (Å²) in [6.45, 7) is 9.13. The highest BCUT2D eigenvalue weighted by Gasteiger charge is 2.13. The molecule has 18 heavy (non-hydrogen) atoms. The van der Waals surface area contributed by atoms with Gasteiger partial charge in [0.2, 0.25) is 0 Å². The van der Waals surface area contributed by atoms with Crippen molar-refractivity contribution in [2.24, 2.45) is 0 Å². The predicted molar refractivity (Wildman–Crippen MR) is 72.7 cm³/mol. The number of hydrogen-bond donors (Lipinski definition) is 1. The van der Waals surface area contributed by atoms with E-state index in [0.717, 1.165) is 29.4 Å². The van der Waals surface area contributed by atoms with E-state index in [1.807, 2.05) is 19.1 Å². The summed E-state index contributed by atoms with van der Waals surface area (Å²) >= 11 is 0. The van der Waals surface area contributed by atoms with Crippen molar-refractivity contribution in [2.75, 3.05) is 11.9 Å². The SMILES string of the molecule is CCNc1cc(C(C)C)nc(-c2occc2C)n1. The number of anilines is 1. The average molecular weight is 245 g/mol. The van der Waals surface area contributed by atoms with Crippen molar-refractivity contribution in [1.82, 2.24) is 9.97 Å². The van der Waals surface area contributed by atoms with Crippen molar-refractivity contribution in [3.63, 3.8) is 0 Å². The van der Waals surface area contributed by atoms with Crippen molar-refractivity contribution >= 4 is 5.82 Å². The molecule has 0 aliphatic rings. The van der Waals surface area contributed by atoms with Crippen LogP contribution in [0.15, 0.2) is 22.8 Å². The Bertz CT molecular complexity index is 532. The molecule has 0 radical (unpaired) electrons. The van der Waals surface area contributed by atoms with Crippen LogP contribution < -0.4 is 5.32 Å². The first kappa shape index (κ1) is 12.6. The van der Waals surface area contributed by atoms with E-state index < -0.39 is 0 Å². The van der Waals surface area contributed by atoms with Gasteiger partial charge in [-0.25, -0.2) is 9.97 Å². The predicted octanol–water partition coefficient (Wildman–Crippen LogP) is 3.60. The van der Waals surface area contributed by atoms with Crippen molar-refractivity contribution in [3.05, 3.63) is 29.7 Å². The zero-order valence-corrected chi connectivity index (χ0v) is 11.3. The first-order valence-corrected chi connectivity index (χ1v) is 6.29. The van der Waals surface area contributed by atoms with Gasteiger partial charge in [-0.05, 0) is 31.4 Å². The summed E-state index contributed by atoms with van der Waals surface area (Å²) in [4.78, 5) is 9.07. The highest BCUT2D eigenvalue weighted by molar-refractivity contribution is 5.55. The molecule has 0 aliphatic carbocycles.